The van der Waals surface area contributed by atoms with Crippen molar-refractivity contribution in [2.75, 3.05) is 11.9 Å². The van der Waals surface area contributed by atoms with Crippen LogP contribution in [-0.2, 0) is 4.79 Å². The first kappa shape index (κ1) is 22.6. The number of benzene rings is 2. The van der Waals surface area contributed by atoms with Gasteiger partial charge in [-0.15, -0.1) is 5.10 Å². The fourth-order valence-corrected chi connectivity index (χ4v) is 4.33. The maximum Gasteiger partial charge on any atom is 0.336 e. The molecule has 0 atom stereocenters. The highest BCUT2D eigenvalue weighted by atomic mass is 35.5. The predicted molar refractivity (Wildman–Crippen MR) is 128 cm³/mol. The number of ether oxygens (including phenoxy) is 1. The summed E-state index contributed by atoms with van der Waals surface area (Å²) in [5.41, 5.74) is 2.31. The fraction of sp³-hybridized carbons (Fsp3) is 0.375. The van der Waals surface area contributed by atoms with Crippen molar-refractivity contribution in [1.82, 2.24) is 14.8 Å². The molecule has 1 amide bonds. The van der Waals surface area contributed by atoms with Crippen molar-refractivity contribution in [2.24, 2.45) is 5.92 Å². The van der Waals surface area contributed by atoms with Gasteiger partial charge < -0.3 is 10.1 Å². The van der Waals surface area contributed by atoms with Crippen molar-refractivity contribution < 1.29 is 9.53 Å². The molecule has 1 heterocycles. The fourth-order valence-electron chi connectivity index (χ4n) is 4.03. The number of rotatable bonds is 8. The third kappa shape index (κ3) is 5.43. The number of carbonyl (C=O) groups excluding carboxylic acids is 1. The standard InChI is InChI=1S/C24H26Cl2N4O2/c1-2-32-24-28-23(17-8-13-20(25)21(26)15-17)30(29-24)19-11-9-18(10-12-19)27-22(31)14-7-16-5-3-4-6-16/h8-13,15-16H,2-7,14H2,1H3,(H,27,31). The van der Waals surface area contributed by atoms with Gasteiger partial charge in [0.05, 0.1) is 22.3 Å². The largest absolute Gasteiger partial charge is 0.463 e. The first-order valence-corrected chi connectivity index (χ1v) is 11.7. The van der Waals surface area contributed by atoms with Crippen LogP contribution in [0.25, 0.3) is 17.1 Å². The Balaban J connectivity index is 1.51. The average molecular weight is 473 g/mol. The summed E-state index contributed by atoms with van der Waals surface area (Å²) < 4.78 is 7.20. The van der Waals surface area contributed by atoms with Gasteiger partial charge in [0.2, 0.25) is 5.91 Å². The lowest BCUT2D eigenvalue weighted by Crippen LogP contribution is -2.12. The number of nitrogens with one attached hydrogen (secondary N) is 1. The zero-order valence-corrected chi connectivity index (χ0v) is 19.5. The molecule has 1 N–H and O–H groups in total. The number of carbonyl (C=O) groups is 1. The molecule has 0 saturated heterocycles. The summed E-state index contributed by atoms with van der Waals surface area (Å²) in [6.07, 6.45) is 6.64. The summed E-state index contributed by atoms with van der Waals surface area (Å²) in [6.45, 7) is 2.33. The average Bonchev–Trinajstić information content (AvgIpc) is 3.45. The molecule has 1 aliphatic carbocycles. The third-order valence-corrected chi connectivity index (χ3v) is 6.43. The van der Waals surface area contributed by atoms with E-state index >= 15 is 0 Å². The van der Waals surface area contributed by atoms with Gasteiger partial charge in [0.1, 0.15) is 0 Å². The molecule has 0 aliphatic heterocycles. The van der Waals surface area contributed by atoms with E-state index in [1.807, 2.05) is 37.3 Å². The van der Waals surface area contributed by atoms with E-state index in [0.29, 0.717) is 34.8 Å². The van der Waals surface area contributed by atoms with Gasteiger partial charge in [0.25, 0.3) is 0 Å². The van der Waals surface area contributed by atoms with E-state index in [1.54, 1.807) is 16.8 Å². The molecule has 1 aromatic heterocycles. The Labute approximate surface area is 197 Å². The second-order valence-electron chi connectivity index (χ2n) is 7.98. The van der Waals surface area contributed by atoms with Crippen molar-refractivity contribution >= 4 is 34.8 Å². The summed E-state index contributed by atoms with van der Waals surface area (Å²) >= 11 is 12.3. The van der Waals surface area contributed by atoms with Crippen LogP contribution < -0.4 is 10.1 Å². The molecule has 3 aromatic rings. The molecule has 0 spiro atoms. The SMILES string of the molecule is CCOc1nc(-c2ccc(Cl)c(Cl)c2)n(-c2ccc(NC(=O)CCC3CCCC3)cc2)n1. The highest BCUT2D eigenvalue weighted by molar-refractivity contribution is 6.42. The highest BCUT2D eigenvalue weighted by Gasteiger charge is 2.17. The molecule has 2 aromatic carbocycles. The molecule has 1 saturated carbocycles. The van der Waals surface area contributed by atoms with Gasteiger partial charge in [-0.2, -0.15) is 4.98 Å². The third-order valence-electron chi connectivity index (χ3n) is 5.69. The van der Waals surface area contributed by atoms with E-state index in [4.69, 9.17) is 27.9 Å². The van der Waals surface area contributed by atoms with E-state index in [1.165, 1.54) is 25.7 Å². The molecule has 0 unspecified atom stereocenters. The Morgan fingerprint density at radius 3 is 2.56 bits per heavy atom. The Kier molecular flexibility index (Phi) is 7.33. The minimum atomic E-state index is 0.0560. The van der Waals surface area contributed by atoms with Gasteiger partial charge in [-0.25, -0.2) is 4.68 Å². The molecular formula is C24H26Cl2N4O2. The predicted octanol–water partition coefficient (Wildman–Crippen LogP) is 6.55. The van der Waals surface area contributed by atoms with Gasteiger partial charge in [0, 0.05) is 17.7 Å². The lowest BCUT2D eigenvalue weighted by Gasteiger charge is -2.10. The first-order valence-electron chi connectivity index (χ1n) is 11.0. The summed E-state index contributed by atoms with van der Waals surface area (Å²) in [7, 11) is 0. The summed E-state index contributed by atoms with van der Waals surface area (Å²) in [6, 6.07) is 13.1. The number of halogens is 2. The molecule has 0 bridgehead atoms. The second-order valence-corrected chi connectivity index (χ2v) is 8.79. The van der Waals surface area contributed by atoms with Crippen LogP contribution in [0.15, 0.2) is 42.5 Å². The van der Waals surface area contributed by atoms with Gasteiger partial charge in [0.15, 0.2) is 5.82 Å². The molecule has 32 heavy (non-hydrogen) atoms. The molecular weight excluding hydrogens is 447 g/mol. The number of anilines is 1. The highest BCUT2D eigenvalue weighted by Crippen LogP contribution is 2.31. The monoisotopic (exact) mass is 472 g/mol. The van der Waals surface area contributed by atoms with Crippen LogP contribution in [0.5, 0.6) is 6.01 Å². The summed E-state index contributed by atoms with van der Waals surface area (Å²) in [5, 5.41) is 8.38. The normalized spacial score (nSPS) is 14.0. The van der Waals surface area contributed by atoms with E-state index in [2.05, 4.69) is 15.4 Å². The summed E-state index contributed by atoms with van der Waals surface area (Å²) in [5.74, 6) is 1.34. The maximum atomic E-state index is 12.3. The smallest absolute Gasteiger partial charge is 0.336 e. The Bertz CT molecular complexity index is 1080. The number of amides is 1. The van der Waals surface area contributed by atoms with Crippen molar-refractivity contribution in [3.63, 3.8) is 0 Å². The van der Waals surface area contributed by atoms with Gasteiger partial charge in [-0.1, -0.05) is 48.9 Å². The molecule has 6 nitrogen and oxygen atoms in total. The van der Waals surface area contributed by atoms with Gasteiger partial charge in [-0.05, 0) is 61.7 Å². The quantitative estimate of drug-likeness (QED) is 0.403. The van der Waals surface area contributed by atoms with E-state index in [0.717, 1.165) is 23.4 Å². The number of hydrogen-bond donors (Lipinski definition) is 1. The molecule has 8 heteroatoms. The van der Waals surface area contributed by atoms with Crippen molar-refractivity contribution in [3.8, 4) is 23.1 Å². The zero-order chi connectivity index (χ0) is 22.5. The number of nitrogens with zero attached hydrogens (tertiary/aromatic N) is 3. The lowest BCUT2D eigenvalue weighted by atomic mass is 10.0. The topological polar surface area (TPSA) is 69.0 Å². The molecule has 4 rings (SSSR count). The minimum absolute atomic E-state index is 0.0560. The van der Waals surface area contributed by atoms with Crippen LogP contribution in [-0.4, -0.2) is 27.3 Å². The lowest BCUT2D eigenvalue weighted by molar-refractivity contribution is -0.116. The Morgan fingerprint density at radius 1 is 1.12 bits per heavy atom. The van der Waals surface area contributed by atoms with Crippen molar-refractivity contribution in [2.45, 2.75) is 45.4 Å². The number of aromatic nitrogens is 3. The van der Waals surface area contributed by atoms with Crippen LogP contribution in [0.3, 0.4) is 0 Å². The first-order chi connectivity index (χ1) is 15.5. The molecule has 1 fully saturated rings. The molecule has 1 aliphatic rings. The van der Waals surface area contributed by atoms with Crippen LogP contribution in [0.1, 0.15) is 45.4 Å². The van der Waals surface area contributed by atoms with Gasteiger partial charge >= 0.3 is 6.01 Å². The van der Waals surface area contributed by atoms with Crippen LogP contribution in [0, 0.1) is 5.92 Å². The van der Waals surface area contributed by atoms with E-state index in [9.17, 15) is 4.79 Å². The van der Waals surface area contributed by atoms with Crippen LogP contribution in [0.4, 0.5) is 5.69 Å². The Hall–Kier alpha value is -2.57. The maximum absolute atomic E-state index is 12.3. The minimum Gasteiger partial charge on any atom is -0.463 e. The van der Waals surface area contributed by atoms with Crippen molar-refractivity contribution in [1.29, 1.82) is 0 Å². The van der Waals surface area contributed by atoms with Crippen LogP contribution in [0.2, 0.25) is 10.0 Å². The van der Waals surface area contributed by atoms with E-state index in [-0.39, 0.29) is 11.9 Å². The number of hydrogen-bond acceptors (Lipinski definition) is 4. The molecule has 168 valence electrons. The summed E-state index contributed by atoms with van der Waals surface area (Å²) in [4.78, 5) is 16.8. The van der Waals surface area contributed by atoms with Gasteiger partial charge in [-0.3, -0.25) is 4.79 Å². The van der Waals surface area contributed by atoms with Crippen LogP contribution >= 0.6 is 23.2 Å². The second kappa shape index (κ2) is 10.4. The van der Waals surface area contributed by atoms with E-state index < -0.39 is 0 Å². The van der Waals surface area contributed by atoms with Crippen molar-refractivity contribution in [3.05, 3.63) is 52.5 Å². The Morgan fingerprint density at radius 2 is 1.88 bits per heavy atom. The molecule has 0 radical (unpaired) electrons. The zero-order valence-electron chi connectivity index (χ0n) is 18.0.